The van der Waals surface area contributed by atoms with E-state index in [1.165, 1.54) is 0 Å². The number of benzene rings is 1. The molecule has 0 bridgehead atoms. The number of aromatic carboxylic acids is 1. The predicted octanol–water partition coefficient (Wildman–Crippen LogP) is 2.10. The van der Waals surface area contributed by atoms with Crippen molar-refractivity contribution in [1.29, 1.82) is 0 Å². The molecule has 0 saturated carbocycles. The largest absolute Gasteiger partial charge is 0.478 e. The summed E-state index contributed by atoms with van der Waals surface area (Å²) < 4.78 is 36.9. The molecule has 6 heteroatoms. The molecular formula is C11H13FO4S. The molecule has 4 nitrogen and oxygen atoms in total. The maximum Gasteiger partial charge on any atom is 0.335 e. The minimum absolute atomic E-state index is 0.177. The molecule has 0 saturated heterocycles. The SMILES string of the molecule is CCCCS(=O)(=O)c1cc(C(=O)O)ccc1F. The topological polar surface area (TPSA) is 71.4 Å². The number of carbonyl (C=O) groups is 1. The van der Waals surface area contributed by atoms with Crippen LogP contribution in [0.5, 0.6) is 0 Å². The molecule has 0 heterocycles. The zero-order valence-electron chi connectivity index (χ0n) is 9.31. The molecule has 1 aromatic carbocycles. The van der Waals surface area contributed by atoms with Gasteiger partial charge in [-0.25, -0.2) is 17.6 Å². The Labute approximate surface area is 99.0 Å². The molecule has 0 aliphatic rings. The molecule has 0 aromatic heterocycles. The Hall–Kier alpha value is -1.43. The zero-order chi connectivity index (χ0) is 13.1. The first-order valence-corrected chi connectivity index (χ1v) is 6.79. The van der Waals surface area contributed by atoms with Crippen LogP contribution in [0.4, 0.5) is 4.39 Å². The summed E-state index contributed by atoms with van der Waals surface area (Å²) in [6.07, 6.45) is 1.08. The summed E-state index contributed by atoms with van der Waals surface area (Å²) in [6, 6.07) is 2.77. The van der Waals surface area contributed by atoms with Crippen LogP contribution in [0.25, 0.3) is 0 Å². The van der Waals surface area contributed by atoms with Gasteiger partial charge >= 0.3 is 5.97 Å². The molecule has 1 rings (SSSR count). The fourth-order valence-electron chi connectivity index (χ4n) is 1.32. The van der Waals surface area contributed by atoms with Crippen molar-refractivity contribution >= 4 is 15.8 Å². The number of rotatable bonds is 5. The second-order valence-corrected chi connectivity index (χ2v) is 5.70. The molecule has 0 amide bonds. The van der Waals surface area contributed by atoms with E-state index in [1.807, 2.05) is 6.92 Å². The van der Waals surface area contributed by atoms with Crippen molar-refractivity contribution in [2.24, 2.45) is 0 Å². The number of carboxylic acids is 1. The first kappa shape index (κ1) is 13.6. The number of hydrogen-bond acceptors (Lipinski definition) is 3. The van der Waals surface area contributed by atoms with E-state index in [9.17, 15) is 17.6 Å². The van der Waals surface area contributed by atoms with Crippen molar-refractivity contribution in [3.8, 4) is 0 Å². The summed E-state index contributed by atoms with van der Waals surface area (Å²) >= 11 is 0. The molecule has 0 fully saturated rings. The fourth-order valence-corrected chi connectivity index (χ4v) is 2.88. The van der Waals surface area contributed by atoms with Crippen LogP contribution in [0.1, 0.15) is 30.1 Å². The molecule has 0 aliphatic carbocycles. The normalized spacial score (nSPS) is 11.4. The predicted molar refractivity (Wildman–Crippen MR) is 60.3 cm³/mol. The molecule has 0 spiro atoms. The van der Waals surface area contributed by atoms with E-state index in [1.54, 1.807) is 0 Å². The van der Waals surface area contributed by atoms with E-state index in [-0.39, 0.29) is 11.3 Å². The molecule has 0 aliphatic heterocycles. The standard InChI is InChI=1S/C11H13FO4S/c1-2-3-6-17(15,16)10-7-8(11(13)14)4-5-9(10)12/h4-5,7H,2-3,6H2,1H3,(H,13,14). The monoisotopic (exact) mass is 260 g/mol. The number of unbranched alkanes of at least 4 members (excludes halogenated alkanes) is 1. The number of hydrogen-bond donors (Lipinski definition) is 1. The van der Waals surface area contributed by atoms with E-state index in [4.69, 9.17) is 5.11 Å². The van der Waals surface area contributed by atoms with Crippen molar-refractivity contribution in [3.63, 3.8) is 0 Å². The minimum Gasteiger partial charge on any atom is -0.478 e. The van der Waals surface area contributed by atoms with Gasteiger partial charge in [0.1, 0.15) is 10.7 Å². The van der Waals surface area contributed by atoms with Crippen LogP contribution in [0, 0.1) is 5.82 Å². The van der Waals surface area contributed by atoms with Crippen LogP contribution < -0.4 is 0 Å². The minimum atomic E-state index is -3.75. The smallest absolute Gasteiger partial charge is 0.335 e. The van der Waals surface area contributed by atoms with E-state index < -0.39 is 26.5 Å². The lowest BCUT2D eigenvalue weighted by molar-refractivity contribution is 0.0696. The van der Waals surface area contributed by atoms with Gasteiger partial charge < -0.3 is 5.11 Å². The Morgan fingerprint density at radius 2 is 2.06 bits per heavy atom. The maximum absolute atomic E-state index is 13.4. The average molecular weight is 260 g/mol. The van der Waals surface area contributed by atoms with Crippen molar-refractivity contribution < 1.29 is 22.7 Å². The van der Waals surface area contributed by atoms with Crippen molar-refractivity contribution in [2.45, 2.75) is 24.7 Å². The second kappa shape index (κ2) is 5.27. The zero-order valence-corrected chi connectivity index (χ0v) is 10.1. The summed E-state index contributed by atoms with van der Waals surface area (Å²) in [5.74, 6) is -2.37. The van der Waals surface area contributed by atoms with Gasteiger partial charge in [0.2, 0.25) is 0 Å². The van der Waals surface area contributed by atoms with Gasteiger partial charge in [-0.15, -0.1) is 0 Å². The summed E-state index contributed by atoms with van der Waals surface area (Å²) in [6.45, 7) is 1.82. The summed E-state index contributed by atoms with van der Waals surface area (Å²) in [5.41, 5.74) is -0.235. The van der Waals surface area contributed by atoms with Crippen LogP contribution in [0.2, 0.25) is 0 Å². The Kier molecular flexibility index (Phi) is 4.22. The average Bonchev–Trinajstić information content (AvgIpc) is 2.26. The summed E-state index contributed by atoms with van der Waals surface area (Å²) in [4.78, 5) is 10.2. The van der Waals surface area contributed by atoms with Gasteiger partial charge in [-0.2, -0.15) is 0 Å². The third-order valence-corrected chi connectivity index (χ3v) is 4.09. The highest BCUT2D eigenvalue weighted by molar-refractivity contribution is 7.91. The fraction of sp³-hybridized carbons (Fsp3) is 0.364. The summed E-state index contributed by atoms with van der Waals surface area (Å²) in [5, 5.41) is 8.72. The molecule has 1 aromatic rings. The number of halogens is 1. The number of sulfone groups is 1. The lowest BCUT2D eigenvalue weighted by Crippen LogP contribution is -2.10. The molecular weight excluding hydrogens is 247 g/mol. The highest BCUT2D eigenvalue weighted by atomic mass is 32.2. The third kappa shape index (κ3) is 3.26. The van der Waals surface area contributed by atoms with Crippen LogP contribution in [-0.4, -0.2) is 25.2 Å². The van der Waals surface area contributed by atoms with Gasteiger partial charge in [-0.1, -0.05) is 13.3 Å². The Bertz CT molecular complexity index is 522. The molecule has 94 valence electrons. The highest BCUT2D eigenvalue weighted by Gasteiger charge is 2.20. The second-order valence-electron chi connectivity index (χ2n) is 3.62. The van der Waals surface area contributed by atoms with E-state index in [2.05, 4.69) is 0 Å². The van der Waals surface area contributed by atoms with Gasteiger partial charge in [0.25, 0.3) is 0 Å². The van der Waals surface area contributed by atoms with E-state index >= 15 is 0 Å². The lowest BCUT2D eigenvalue weighted by atomic mass is 10.2. The van der Waals surface area contributed by atoms with Crippen LogP contribution in [-0.2, 0) is 9.84 Å². The van der Waals surface area contributed by atoms with Gasteiger partial charge in [0.05, 0.1) is 11.3 Å². The van der Waals surface area contributed by atoms with Gasteiger partial charge in [0.15, 0.2) is 9.84 Å². The van der Waals surface area contributed by atoms with Crippen LogP contribution in [0.15, 0.2) is 23.1 Å². The molecule has 0 radical (unpaired) electrons. The Balaban J connectivity index is 3.20. The van der Waals surface area contributed by atoms with E-state index in [0.29, 0.717) is 12.8 Å². The van der Waals surface area contributed by atoms with Crippen molar-refractivity contribution in [2.75, 3.05) is 5.75 Å². The Morgan fingerprint density at radius 1 is 1.41 bits per heavy atom. The van der Waals surface area contributed by atoms with Crippen LogP contribution >= 0.6 is 0 Å². The molecule has 0 unspecified atom stereocenters. The first-order valence-electron chi connectivity index (χ1n) is 5.14. The number of carboxylic acid groups (broad SMARTS) is 1. The van der Waals surface area contributed by atoms with Crippen LogP contribution in [0.3, 0.4) is 0 Å². The van der Waals surface area contributed by atoms with Crippen molar-refractivity contribution in [3.05, 3.63) is 29.6 Å². The molecule has 0 atom stereocenters. The Morgan fingerprint density at radius 3 is 2.59 bits per heavy atom. The van der Waals surface area contributed by atoms with Gasteiger partial charge in [-0.3, -0.25) is 0 Å². The van der Waals surface area contributed by atoms with Gasteiger partial charge in [-0.05, 0) is 24.6 Å². The summed E-state index contributed by atoms with van der Waals surface area (Å²) in [7, 11) is -3.75. The molecule has 17 heavy (non-hydrogen) atoms. The maximum atomic E-state index is 13.4. The van der Waals surface area contributed by atoms with E-state index in [0.717, 1.165) is 18.2 Å². The van der Waals surface area contributed by atoms with Gasteiger partial charge in [0, 0.05) is 0 Å². The molecule has 1 N–H and O–H groups in total. The quantitative estimate of drug-likeness (QED) is 0.880. The lowest BCUT2D eigenvalue weighted by Gasteiger charge is -2.06. The van der Waals surface area contributed by atoms with Crippen molar-refractivity contribution in [1.82, 2.24) is 0 Å². The third-order valence-electron chi connectivity index (χ3n) is 2.28. The first-order chi connectivity index (χ1) is 7.88. The highest BCUT2D eigenvalue weighted by Crippen LogP contribution is 2.19.